The van der Waals surface area contributed by atoms with Crippen molar-refractivity contribution in [1.82, 2.24) is 24.6 Å². The number of fused-ring (bicyclic) bond motifs is 1. The van der Waals surface area contributed by atoms with Crippen LogP contribution >= 0.6 is 0 Å². The highest BCUT2D eigenvalue weighted by molar-refractivity contribution is 5.88. The van der Waals surface area contributed by atoms with E-state index >= 15 is 0 Å². The molecule has 1 fully saturated rings. The van der Waals surface area contributed by atoms with Crippen LogP contribution in [0.15, 0.2) is 55.3 Å². The van der Waals surface area contributed by atoms with Crippen molar-refractivity contribution >= 4 is 16.6 Å². The number of aryl methyl sites for hydroxylation is 1. The van der Waals surface area contributed by atoms with Gasteiger partial charge in [0.25, 0.3) is 0 Å². The van der Waals surface area contributed by atoms with Gasteiger partial charge in [0.15, 0.2) is 0 Å². The highest BCUT2D eigenvalue weighted by Crippen LogP contribution is 2.25. The molecule has 1 saturated heterocycles. The molecule has 1 aliphatic heterocycles. The van der Waals surface area contributed by atoms with Gasteiger partial charge in [-0.2, -0.15) is 5.10 Å². The molecule has 1 atom stereocenters. The number of nitrogens with one attached hydrogen (secondary N) is 1. The molecule has 6 nitrogen and oxygen atoms in total. The minimum Gasteiger partial charge on any atom is -0.356 e. The van der Waals surface area contributed by atoms with Crippen LogP contribution in [0.5, 0.6) is 0 Å². The predicted molar refractivity (Wildman–Crippen MR) is 110 cm³/mol. The summed E-state index contributed by atoms with van der Waals surface area (Å²) in [7, 11) is 4.10. The molecule has 6 heteroatoms. The summed E-state index contributed by atoms with van der Waals surface area (Å²) in [6.45, 7) is 9.46. The fourth-order valence-corrected chi connectivity index (χ4v) is 3.48. The van der Waals surface area contributed by atoms with Crippen LogP contribution in [0.25, 0.3) is 21.9 Å². The number of hydrogen-bond donors (Lipinski definition) is 1. The highest BCUT2D eigenvalue weighted by Gasteiger charge is 2.21. The molecule has 1 N–H and O–H groups in total. The molecule has 3 heterocycles. The van der Waals surface area contributed by atoms with E-state index in [1.807, 2.05) is 30.3 Å². The third-order valence-corrected chi connectivity index (χ3v) is 5.37. The lowest BCUT2D eigenvalue weighted by atomic mass is 10.1. The Kier molecular flexibility index (Phi) is 4.58. The first-order chi connectivity index (χ1) is 13.0. The second kappa shape index (κ2) is 7.04. The van der Waals surface area contributed by atoms with E-state index in [4.69, 9.17) is 0 Å². The quantitative estimate of drug-likeness (QED) is 0.773. The number of aromatic nitrogens is 3. The summed E-state index contributed by atoms with van der Waals surface area (Å²) in [5, 5.41) is 9.92. The number of pyridine rings is 1. The first kappa shape index (κ1) is 17.5. The number of rotatable bonds is 4. The van der Waals surface area contributed by atoms with Crippen molar-refractivity contribution in [2.24, 2.45) is 7.05 Å². The van der Waals surface area contributed by atoms with Gasteiger partial charge in [-0.05, 0) is 37.1 Å². The molecule has 1 unspecified atom stereocenters. The second-order valence-corrected chi connectivity index (χ2v) is 7.38. The number of nitrogens with zero attached hydrogens (tertiary/aromatic N) is 5. The third-order valence-electron chi connectivity index (χ3n) is 5.37. The highest BCUT2D eigenvalue weighted by atomic mass is 15.3. The lowest BCUT2D eigenvalue weighted by molar-refractivity contribution is 0.131. The lowest BCUT2D eigenvalue weighted by Crippen LogP contribution is -2.50. The van der Waals surface area contributed by atoms with Gasteiger partial charge in [0.1, 0.15) is 5.82 Å². The number of benzene rings is 1. The maximum absolute atomic E-state index is 4.56. The zero-order chi connectivity index (χ0) is 19.0. The van der Waals surface area contributed by atoms with E-state index in [0.29, 0.717) is 6.04 Å². The molecule has 27 heavy (non-hydrogen) atoms. The van der Waals surface area contributed by atoms with Gasteiger partial charge in [0, 0.05) is 56.1 Å². The fourth-order valence-electron chi connectivity index (χ4n) is 3.48. The summed E-state index contributed by atoms with van der Waals surface area (Å²) >= 11 is 0. The van der Waals surface area contributed by atoms with E-state index < -0.39 is 0 Å². The van der Waals surface area contributed by atoms with Gasteiger partial charge < -0.3 is 15.1 Å². The minimum absolute atomic E-state index is 0.518. The summed E-state index contributed by atoms with van der Waals surface area (Å²) in [4.78, 5) is 9.22. The zero-order valence-electron chi connectivity index (χ0n) is 16.2. The van der Waals surface area contributed by atoms with Crippen molar-refractivity contribution in [2.75, 3.05) is 32.0 Å². The Hall–Kier alpha value is -2.86. The maximum Gasteiger partial charge on any atom is 0.131 e. The number of hydrogen-bond acceptors (Lipinski definition) is 5. The third kappa shape index (κ3) is 3.66. The van der Waals surface area contributed by atoms with Crippen LogP contribution in [-0.2, 0) is 7.05 Å². The molecule has 1 aliphatic rings. The smallest absolute Gasteiger partial charge is 0.131 e. The molecule has 0 amide bonds. The number of likely N-dealkylation sites (N-methyl/N-ethyl adjacent to an activating group) is 1. The Morgan fingerprint density at radius 2 is 1.96 bits per heavy atom. The van der Waals surface area contributed by atoms with Gasteiger partial charge in [-0.3, -0.25) is 4.68 Å². The molecule has 2 aromatic heterocycles. The van der Waals surface area contributed by atoms with E-state index in [9.17, 15) is 0 Å². The van der Waals surface area contributed by atoms with E-state index in [0.717, 1.165) is 53.2 Å². The zero-order valence-corrected chi connectivity index (χ0v) is 16.2. The van der Waals surface area contributed by atoms with Gasteiger partial charge in [0.05, 0.1) is 12.0 Å². The van der Waals surface area contributed by atoms with Gasteiger partial charge in [-0.15, -0.1) is 0 Å². The van der Waals surface area contributed by atoms with Crippen molar-refractivity contribution in [2.45, 2.75) is 13.0 Å². The predicted octanol–water partition coefficient (Wildman–Crippen LogP) is 3.15. The van der Waals surface area contributed by atoms with Crippen LogP contribution in [0, 0.1) is 0 Å². The first-order valence-corrected chi connectivity index (χ1v) is 9.29. The van der Waals surface area contributed by atoms with E-state index in [-0.39, 0.29) is 0 Å². The van der Waals surface area contributed by atoms with Crippen LogP contribution in [0.3, 0.4) is 0 Å². The molecule has 0 aliphatic carbocycles. The molecular weight excluding hydrogens is 336 g/mol. The van der Waals surface area contributed by atoms with Crippen LogP contribution in [-0.4, -0.2) is 57.3 Å². The van der Waals surface area contributed by atoms with Crippen LogP contribution in [0.4, 0.5) is 5.82 Å². The fraction of sp³-hybridized carbons (Fsp3) is 0.333. The standard InChI is InChI=1S/C21H26N6/c1-15-13-27(8-7-25(15)3)16(2)24-21-10-19-9-17(5-6-18(19)11-22-21)20-12-23-26(4)14-20/h5-6,9-12,14-15H,2,7-8,13H2,1,3-4H3,(H,22,24). The Bertz CT molecular complexity index is 976. The molecular formula is C21H26N6. The van der Waals surface area contributed by atoms with Gasteiger partial charge in [0.2, 0.25) is 0 Å². The largest absolute Gasteiger partial charge is 0.356 e. The molecule has 4 rings (SSSR count). The Balaban J connectivity index is 1.54. The number of piperazine rings is 1. The summed E-state index contributed by atoms with van der Waals surface area (Å²) in [5.74, 6) is 1.73. The Morgan fingerprint density at radius 1 is 1.11 bits per heavy atom. The van der Waals surface area contributed by atoms with Crippen molar-refractivity contribution < 1.29 is 0 Å². The van der Waals surface area contributed by atoms with Crippen molar-refractivity contribution in [1.29, 1.82) is 0 Å². The first-order valence-electron chi connectivity index (χ1n) is 9.29. The Labute approximate surface area is 160 Å². The molecule has 0 radical (unpaired) electrons. The van der Waals surface area contributed by atoms with E-state index in [2.05, 4.69) is 70.0 Å². The van der Waals surface area contributed by atoms with Gasteiger partial charge in [-0.1, -0.05) is 18.7 Å². The molecule has 1 aromatic carbocycles. The molecule has 0 spiro atoms. The van der Waals surface area contributed by atoms with Crippen LogP contribution < -0.4 is 5.32 Å². The summed E-state index contributed by atoms with van der Waals surface area (Å²) < 4.78 is 1.82. The normalized spacial score (nSPS) is 18.0. The SMILES string of the molecule is C=C(Nc1cc2cc(-c3cnn(C)c3)ccc2cn1)N1CCN(C)C(C)C1. The molecule has 3 aromatic rings. The minimum atomic E-state index is 0.518. The van der Waals surface area contributed by atoms with Crippen molar-refractivity contribution in [3.8, 4) is 11.1 Å². The molecule has 0 bridgehead atoms. The molecule has 0 saturated carbocycles. The average Bonchev–Trinajstić information content (AvgIpc) is 3.09. The summed E-state index contributed by atoms with van der Waals surface area (Å²) in [6, 6.07) is 8.99. The van der Waals surface area contributed by atoms with Gasteiger partial charge >= 0.3 is 0 Å². The van der Waals surface area contributed by atoms with Gasteiger partial charge in [-0.25, -0.2) is 4.98 Å². The maximum atomic E-state index is 4.56. The van der Waals surface area contributed by atoms with E-state index in [1.54, 1.807) is 0 Å². The average molecular weight is 362 g/mol. The lowest BCUT2D eigenvalue weighted by Gasteiger charge is -2.39. The topological polar surface area (TPSA) is 49.2 Å². The van der Waals surface area contributed by atoms with E-state index in [1.165, 1.54) is 0 Å². The summed E-state index contributed by atoms with van der Waals surface area (Å²) in [6.07, 6.45) is 5.82. The summed E-state index contributed by atoms with van der Waals surface area (Å²) in [5.41, 5.74) is 2.26. The molecule has 140 valence electrons. The van der Waals surface area contributed by atoms with Crippen LogP contribution in [0.1, 0.15) is 6.92 Å². The van der Waals surface area contributed by atoms with Crippen molar-refractivity contribution in [3.63, 3.8) is 0 Å². The second-order valence-electron chi connectivity index (χ2n) is 7.38. The Morgan fingerprint density at radius 3 is 2.70 bits per heavy atom. The monoisotopic (exact) mass is 362 g/mol. The number of anilines is 1. The van der Waals surface area contributed by atoms with Crippen LogP contribution in [0.2, 0.25) is 0 Å². The van der Waals surface area contributed by atoms with Crippen molar-refractivity contribution in [3.05, 3.63) is 55.3 Å².